The number of carbonyl (C=O) groups excluding carboxylic acids is 1. The Morgan fingerprint density at radius 2 is 1.74 bits per heavy atom. The first-order chi connectivity index (χ1) is 12.6. The Balaban J connectivity index is 1.79. The molecule has 146 valence electrons. The fourth-order valence-corrected chi connectivity index (χ4v) is 2.29. The predicted octanol–water partition coefficient (Wildman–Crippen LogP) is 4.28. The van der Waals surface area contributed by atoms with Gasteiger partial charge in [0.2, 0.25) is 0 Å². The number of alkyl halides is 3. The van der Waals surface area contributed by atoms with Crippen molar-refractivity contribution in [1.29, 1.82) is 0 Å². The van der Waals surface area contributed by atoms with Gasteiger partial charge in [-0.1, -0.05) is 12.1 Å². The number of ether oxygens (including phenoxy) is 2. The second-order valence-electron chi connectivity index (χ2n) is 6.34. The molecule has 0 saturated carbocycles. The van der Waals surface area contributed by atoms with Crippen molar-refractivity contribution in [3.8, 4) is 11.5 Å². The SMILES string of the molecule is Cc1ccc(OC[C@H](C)NC(=O)COc2cccc(C(F)(F)F)c2)cc1C. The zero-order valence-electron chi connectivity index (χ0n) is 15.4. The van der Waals surface area contributed by atoms with Crippen LogP contribution < -0.4 is 14.8 Å². The lowest BCUT2D eigenvalue weighted by Crippen LogP contribution is -2.39. The number of benzene rings is 2. The molecule has 0 aliphatic carbocycles. The molecule has 0 fully saturated rings. The second-order valence-corrected chi connectivity index (χ2v) is 6.34. The summed E-state index contributed by atoms with van der Waals surface area (Å²) in [6, 6.07) is 9.85. The maximum atomic E-state index is 12.7. The van der Waals surface area contributed by atoms with E-state index in [0.717, 1.165) is 23.3 Å². The highest BCUT2D eigenvalue weighted by atomic mass is 19.4. The molecule has 0 unspecified atom stereocenters. The number of amides is 1. The fourth-order valence-electron chi connectivity index (χ4n) is 2.29. The molecule has 0 aromatic heterocycles. The van der Waals surface area contributed by atoms with E-state index in [-0.39, 0.29) is 25.0 Å². The van der Waals surface area contributed by atoms with Gasteiger partial charge in [-0.25, -0.2) is 0 Å². The van der Waals surface area contributed by atoms with Crippen molar-refractivity contribution >= 4 is 5.91 Å². The van der Waals surface area contributed by atoms with Crippen molar-refractivity contribution in [2.24, 2.45) is 0 Å². The monoisotopic (exact) mass is 381 g/mol. The van der Waals surface area contributed by atoms with Gasteiger partial charge < -0.3 is 14.8 Å². The molecule has 0 radical (unpaired) electrons. The van der Waals surface area contributed by atoms with Crippen LogP contribution >= 0.6 is 0 Å². The Bertz CT molecular complexity index is 790. The summed E-state index contributed by atoms with van der Waals surface area (Å²) in [5.41, 5.74) is 1.45. The summed E-state index contributed by atoms with van der Waals surface area (Å²) in [7, 11) is 0. The van der Waals surface area contributed by atoms with Crippen molar-refractivity contribution in [3.63, 3.8) is 0 Å². The van der Waals surface area contributed by atoms with E-state index in [4.69, 9.17) is 9.47 Å². The third-order valence-electron chi connectivity index (χ3n) is 3.92. The largest absolute Gasteiger partial charge is 0.491 e. The van der Waals surface area contributed by atoms with E-state index in [1.165, 1.54) is 12.1 Å². The van der Waals surface area contributed by atoms with Crippen molar-refractivity contribution in [3.05, 3.63) is 59.2 Å². The summed E-state index contributed by atoms with van der Waals surface area (Å²) >= 11 is 0. The van der Waals surface area contributed by atoms with Crippen molar-refractivity contribution in [1.82, 2.24) is 5.32 Å². The molecule has 1 amide bonds. The Kier molecular flexibility index (Phi) is 6.71. The van der Waals surface area contributed by atoms with Gasteiger partial charge in [0.1, 0.15) is 18.1 Å². The normalized spacial score (nSPS) is 12.4. The molecule has 1 atom stereocenters. The summed E-state index contributed by atoms with van der Waals surface area (Å²) in [5.74, 6) is 0.252. The highest BCUT2D eigenvalue weighted by molar-refractivity contribution is 5.77. The first-order valence-electron chi connectivity index (χ1n) is 8.44. The molecule has 2 aromatic rings. The number of hydrogen-bond acceptors (Lipinski definition) is 3. The van der Waals surface area contributed by atoms with Crippen LogP contribution in [-0.2, 0) is 11.0 Å². The van der Waals surface area contributed by atoms with E-state index < -0.39 is 17.6 Å². The predicted molar refractivity (Wildman–Crippen MR) is 96.0 cm³/mol. The molecule has 0 heterocycles. The van der Waals surface area contributed by atoms with Crippen molar-refractivity contribution in [2.75, 3.05) is 13.2 Å². The molecule has 1 N–H and O–H groups in total. The zero-order valence-corrected chi connectivity index (χ0v) is 15.4. The second kappa shape index (κ2) is 8.79. The van der Waals surface area contributed by atoms with E-state index >= 15 is 0 Å². The highest BCUT2D eigenvalue weighted by Crippen LogP contribution is 2.31. The first kappa shape index (κ1) is 20.6. The van der Waals surface area contributed by atoms with E-state index in [9.17, 15) is 18.0 Å². The third-order valence-corrected chi connectivity index (χ3v) is 3.92. The van der Waals surface area contributed by atoms with Gasteiger partial charge in [0.05, 0.1) is 11.6 Å². The van der Waals surface area contributed by atoms with Crippen LogP contribution in [0.5, 0.6) is 11.5 Å². The van der Waals surface area contributed by atoms with Gasteiger partial charge in [0.25, 0.3) is 5.91 Å². The van der Waals surface area contributed by atoms with Crippen molar-refractivity contribution < 1.29 is 27.4 Å². The number of nitrogens with one attached hydrogen (secondary N) is 1. The van der Waals surface area contributed by atoms with Gasteiger partial charge in [-0.05, 0) is 62.2 Å². The van der Waals surface area contributed by atoms with E-state index in [1.807, 2.05) is 32.0 Å². The molecule has 0 spiro atoms. The Morgan fingerprint density at radius 1 is 1.04 bits per heavy atom. The lowest BCUT2D eigenvalue weighted by molar-refractivity contribution is -0.137. The van der Waals surface area contributed by atoms with Crippen molar-refractivity contribution in [2.45, 2.75) is 33.0 Å². The smallest absolute Gasteiger partial charge is 0.416 e. The Morgan fingerprint density at radius 3 is 2.41 bits per heavy atom. The summed E-state index contributed by atoms with van der Waals surface area (Å²) in [6.07, 6.45) is -4.46. The summed E-state index contributed by atoms with van der Waals surface area (Å²) < 4.78 is 48.8. The average molecular weight is 381 g/mol. The van der Waals surface area contributed by atoms with Crippen LogP contribution in [0.25, 0.3) is 0 Å². The number of aryl methyl sites for hydroxylation is 2. The Labute approximate surface area is 156 Å². The van der Waals surface area contributed by atoms with Crippen LogP contribution in [0.15, 0.2) is 42.5 Å². The van der Waals surface area contributed by atoms with Crippen LogP contribution in [-0.4, -0.2) is 25.2 Å². The summed E-state index contributed by atoms with van der Waals surface area (Å²) in [5, 5.41) is 2.68. The summed E-state index contributed by atoms with van der Waals surface area (Å²) in [4.78, 5) is 11.9. The molecule has 0 bridgehead atoms. The van der Waals surface area contributed by atoms with Gasteiger partial charge in [0.15, 0.2) is 6.61 Å². The van der Waals surface area contributed by atoms with Gasteiger partial charge in [-0.2, -0.15) is 13.2 Å². The van der Waals surface area contributed by atoms with Crippen LogP contribution in [0, 0.1) is 13.8 Å². The fraction of sp³-hybridized carbons (Fsp3) is 0.350. The molecular formula is C20H22F3NO3. The maximum Gasteiger partial charge on any atom is 0.416 e. The minimum Gasteiger partial charge on any atom is -0.491 e. The molecule has 2 aromatic carbocycles. The lowest BCUT2D eigenvalue weighted by Gasteiger charge is -2.16. The molecule has 27 heavy (non-hydrogen) atoms. The van der Waals surface area contributed by atoms with Gasteiger partial charge in [-0.15, -0.1) is 0 Å². The van der Waals surface area contributed by atoms with Gasteiger partial charge in [0, 0.05) is 0 Å². The maximum absolute atomic E-state index is 12.7. The number of halogens is 3. The number of hydrogen-bond donors (Lipinski definition) is 1. The van der Waals surface area contributed by atoms with Crippen LogP contribution in [0.3, 0.4) is 0 Å². The van der Waals surface area contributed by atoms with E-state index in [0.29, 0.717) is 5.75 Å². The highest BCUT2D eigenvalue weighted by Gasteiger charge is 2.30. The molecule has 0 saturated heterocycles. The van der Waals surface area contributed by atoms with Crippen LogP contribution in [0.4, 0.5) is 13.2 Å². The third kappa shape index (κ3) is 6.51. The minimum absolute atomic E-state index is 0.0148. The molecule has 2 rings (SSSR count). The molecular weight excluding hydrogens is 359 g/mol. The van der Waals surface area contributed by atoms with E-state index in [2.05, 4.69) is 5.32 Å². The molecule has 7 heteroatoms. The van der Waals surface area contributed by atoms with Crippen LogP contribution in [0.2, 0.25) is 0 Å². The van der Waals surface area contributed by atoms with Gasteiger partial charge in [-0.3, -0.25) is 4.79 Å². The zero-order chi connectivity index (χ0) is 20.0. The number of carbonyl (C=O) groups is 1. The van der Waals surface area contributed by atoms with Crippen LogP contribution in [0.1, 0.15) is 23.6 Å². The summed E-state index contributed by atoms with van der Waals surface area (Å²) in [6.45, 7) is 5.64. The quantitative estimate of drug-likeness (QED) is 0.779. The molecule has 0 aliphatic rings. The number of rotatable bonds is 7. The first-order valence-corrected chi connectivity index (χ1v) is 8.44. The molecule has 0 aliphatic heterocycles. The molecule has 4 nitrogen and oxygen atoms in total. The lowest BCUT2D eigenvalue weighted by atomic mass is 10.1. The van der Waals surface area contributed by atoms with Gasteiger partial charge >= 0.3 is 6.18 Å². The standard InChI is InChI=1S/C20H22F3NO3/c1-13-7-8-18(9-14(13)2)26-11-15(3)24-19(25)12-27-17-6-4-5-16(10-17)20(21,22)23/h4-10,15H,11-12H2,1-3H3,(H,24,25)/t15-/m0/s1. The average Bonchev–Trinajstić information content (AvgIpc) is 2.60. The van der Waals surface area contributed by atoms with E-state index in [1.54, 1.807) is 6.92 Å². The topological polar surface area (TPSA) is 47.6 Å². The minimum atomic E-state index is -4.46. The Hall–Kier alpha value is -2.70.